The van der Waals surface area contributed by atoms with Crippen molar-refractivity contribution in [3.05, 3.63) is 35.4 Å². The molecule has 1 aromatic rings. The molecule has 5 heteroatoms. The number of piperazine rings is 1. The van der Waals surface area contributed by atoms with Gasteiger partial charge in [0.05, 0.1) is 6.10 Å². The number of piperidine rings is 1. The number of aryl methyl sites for hydroxylation is 1. The van der Waals surface area contributed by atoms with E-state index in [2.05, 4.69) is 48.3 Å². The highest BCUT2D eigenvalue weighted by molar-refractivity contribution is 5.83. The molecule has 2 N–H and O–H groups in total. The largest absolute Gasteiger partial charge is 0.393 e. The fourth-order valence-corrected chi connectivity index (χ4v) is 3.91. The van der Waals surface area contributed by atoms with Crippen LogP contribution < -0.4 is 5.32 Å². The van der Waals surface area contributed by atoms with Crippen LogP contribution in [0.1, 0.15) is 43.9 Å². The maximum Gasteiger partial charge on any atom is 0.244 e. The highest BCUT2D eigenvalue weighted by atomic mass is 16.3. The second-order valence-electron chi connectivity index (χ2n) is 7.35. The van der Waals surface area contributed by atoms with Crippen LogP contribution >= 0.6 is 0 Å². The van der Waals surface area contributed by atoms with Crippen molar-refractivity contribution in [3.63, 3.8) is 0 Å². The molecule has 2 aliphatic rings. The van der Waals surface area contributed by atoms with Gasteiger partial charge in [0.15, 0.2) is 0 Å². The minimum Gasteiger partial charge on any atom is -0.393 e. The molecule has 0 saturated carbocycles. The average Bonchev–Trinajstić information content (AvgIpc) is 2.64. The lowest BCUT2D eigenvalue weighted by Crippen LogP contribution is -2.55. The first-order valence-electron chi connectivity index (χ1n) is 9.62. The van der Waals surface area contributed by atoms with Crippen molar-refractivity contribution in [1.82, 2.24) is 15.1 Å². The molecule has 25 heavy (non-hydrogen) atoms. The summed E-state index contributed by atoms with van der Waals surface area (Å²) in [5.74, 6) is 0.185. The predicted molar refractivity (Wildman–Crippen MR) is 99.4 cm³/mol. The van der Waals surface area contributed by atoms with Crippen molar-refractivity contribution < 1.29 is 9.90 Å². The molecule has 0 aromatic heterocycles. The van der Waals surface area contributed by atoms with E-state index in [1.807, 2.05) is 4.90 Å². The molecule has 138 valence electrons. The van der Waals surface area contributed by atoms with Gasteiger partial charge in [0.1, 0.15) is 6.04 Å². The van der Waals surface area contributed by atoms with Crippen molar-refractivity contribution in [1.29, 1.82) is 0 Å². The maximum atomic E-state index is 13.4. The Labute approximate surface area is 151 Å². The van der Waals surface area contributed by atoms with E-state index < -0.39 is 0 Å². The van der Waals surface area contributed by atoms with E-state index in [-0.39, 0.29) is 18.1 Å². The zero-order chi connectivity index (χ0) is 17.8. The molecule has 0 bridgehead atoms. The Balaban J connectivity index is 1.86. The van der Waals surface area contributed by atoms with Crippen LogP contribution in [0.2, 0.25) is 0 Å². The van der Waals surface area contributed by atoms with Gasteiger partial charge in [-0.25, -0.2) is 0 Å². The van der Waals surface area contributed by atoms with Crippen LogP contribution in [-0.2, 0) is 11.2 Å². The Kier molecular flexibility index (Phi) is 6.10. The van der Waals surface area contributed by atoms with E-state index >= 15 is 0 Å². The van der Waals surface area contributed by atoms with Crippen LogP contribution in [0.25, 0.3) is 0 Å². The van der Waals surface area contributed by atoms with E-state index in [1.54, 1.807) is 0 Å². The molecule has 2 aliphatic heterocycles. The maximum absolute atomic E-state index is 13.4. The molecule has 2 saturated heterocycles. The van der Waals surface area contributed by atoms with Gasteiger partial charge in [-0.3, -0.25) is 9.69 Å². The van der Waals surface area contributed by atoms with Gasteiger partial charge in [-0.2, -0.15) is 0 Å². The highest BCUT2D eigenvalue weighted by Crippen LogP contribution is 2.28. The van der Waals surface area contributed by atoms with E-state index in [9.17, 15) is 9.90 Å². The number of amides is 1. The minimum absolute atomic E-state index is 0.185. The number of aliphatic hydroxyl groups is 1. The Morgan fingerprint density at radius 1 is 1.24 bits per heavy atom. The van der Waals surface area contributed by atoms with Crippen molar-refractivity contribution in [3.8, 4) is 0 Å². The second-order valence-corrected chi connectivity index (χ2v) is 7.35. The standard InChI is InChI=1S/C20H31N3O2/c1-3-16-4-6-17(7-5-16)19(23-13-10-21-14-15(23)2)20(25)22-11-8-18(24)9-12-22/h4-7,15,18-19,21,24H,3,8-14H2,1-2H3. The summed E-state index contributed by atoms with van der Waals surface area (Å²) in [6.45, 7) is 8.36. The van der Waals surface area contributed by atoms with Crippen molar-refractivity contribution in [2.45, 2.75) is 51.3 Å². The third-order valence-electron chi connectivity index (χ3n) is 5.60. The fourth-order valence-electron chi connectivity index (χ4n) is 3.91. The lowest BCUT2D eigenvalue weighted by atomic mass is 9.97. The Morgan fingerprint density at radius 3 is 2.52 bits per heavy atom. The van der Waals surface area contributed by atoms with Gasteiger partial charge in [-0.15, -0.1) is 0 Å². The minimum atomic E-state index is -0.260. The van der Waals surface area contributed by atoms with Crippen LogP contribution in [0, 0.1) is 0 Å². The molecule has 5 nitrogen and oxygen atoms in total. The zero-order valence-corrected chi connectivity index (χ0v) is 15.4. The topological polar surface area (TPSA) is 55.8 Å². The summed E-state index contributed by atoms with van der Waals surface area (Å²) in [7, 11) is 0. The number of hydrogen-bond donors (Lipinski definition) is 2. The Morgan fingerprint density at radius 2 is 1.92 bits per heavy atom. The summed E-state index contributed by atoms with van der Waals surface area (Å²) >= 11 is 0. The van der Waals surface area contributed by atoms with Gasteiger partial charge in [-0.1, -0.05) is 31.2 Å². The van der Waals surface area contributed by atoms with Gasteiger partial charge in [-0.05, 0) is 37.3 Å². The summed E-state index contributed by atoms with van der Waals surface area (Å²) < 4.78 is 0. The molecule has 0 aliphatic carbocycles. The Hall–Kier alpha value is -1.43. The first-order chi connectivity index (χ1) is 12.1. The first-order valence-corrected chi connectivity index (χ1v) is 9.62. The Bertz CT molecular complexity index is 567. The number of carbonyl (C=O) groups is 1. The number of carbonyl (C=O) groups excluding carboxylic acids is 1. The van der Waals surface area contributed by atoms with Crippen molar-refractivity contribution in [2.75, 3.05) is 32.7 Å². The van der Waals surface area contributed by atoms with Crippen LogP contribution in [0.3, 0.4) is 0 Å². The number of hydrogen-bond acceptors (Lipinski definition) is 4. The number of benzene rings is 1. The molecular formula is C20H31N3O2. The second kappa shape index (κ2) is 8.30. The molecule has 3 rings (SSSR count). The smallest absolute Gasteiger partial charge is 0.244 e. The number of nitrogens with zero attached hydrogens (tertiary/aromatic N) is 2. The van der Waals surface area contributed by atoms with Crippen LogP contribution in [0.5, 0.6) is 0 Å². The molecule has 1 aromatic carbocycles. The normalized spacial score (nSPS) is 24.3. The summed E-state index contributed by atoms with van der Waals surface area (Å²) in [6.07, 6.45) is 2.12. The van der Waals surface area contributed by atoms with E-state index in [0.29, 0.717) is 32.0 Å². The number of rotatable bonds is 4. The predicted octanol–water partition coefficient (Wildman–Crippen LogP) is 1.57. The highest BCUT2D eigenvalue weighted by Gasteiger charge is 2.36. The molecule has 0 spiro atoms. The number of aliphatic hydroxyl groups excluding tert-OH is 1. The van der Waals surface area contributed by atoms with Crippen LogP contribution in [0.4, 0.5) is 0 Å². The quantitative estimate of drug-likeness (QED) is 0.870. The molecular weight excluding hydrogens is 314 g/mol. The fraction of sp³-hybridized carbons (Fsp3) is 0.650. The third-order valence-corrected chi connectivity index (χ3v) is 5.60. The SMILES string of the molecule is CCc1ccc(C(C(=O)N2CCC(O)CC2)N2CCNCC2C)cc1. The van der Waals surface area contributed by atoms with E-state index in [4.69, 9.17) is 0 Å². The summed E-state index contributed by atoms with van der Waals surface area (Å²) in [5.41, 5.74) is 2.38. The number of nitrogens with one attached hydrogen (secondary N) is 1. The molecule has 1 amide bonds. The average molecular weight is 345 g/mol. The van der Waals surface area contributed by atoms with Gasteiger partial charge in [0.2, 0.25) is 5.91 Å². The summed E-state index contributed by atoms with van der Waals surface area (Å²) in [6, 6.07) is 8.62. The molecule has 2 fully saturated rings. The van der Waals surface area contributed by atoms with Crippen LogP contribution in [0.15, 0.2) is 24.3 Å². The lowest BCUT2D eigenvalue weighted by Gasteiger charge is -2.42. The van der Waals surface area contributed by atoms with Gasteiger partial charge < -0.3 is 15.3 Å². The molecule has 2 heterocycles. The third kappa shape index (κ3) is 4.22. The van der Waals surface area contributed by atoms with E-state index in [0.717, 1.165) is 31.6 Å². The van der Waals surface area contributed by atoms with Gasteiger partial charge in [0.25, 0.3) is 0 Å². The van der Waals surface area contributed by atoms with Crippen LogP contribution in [-0.4, -0.2) is 65.7 Å². The summed E-state index contributed by atoms with van der Waals surface area (Å²) in [5, 5.41) is 13.2. The van der Waals surface area contributed by atoms with E-state index in [1.165, 1.54) is 5.56 Å². The van der Waals surface area contributed by atoms with Gasteiger partial charge >= 0.3 is 0 Å². The van der Waals surface area contributed by atoms with Crippen molar-refractivity contribution in [2.24, 2.45) is 0 Å². The lowest BCUT2D eigenvalue weighted by molar-refractivity contribution is -0.140. The molecule has 2 atom stereocenters. The monoisotopic (exact) mass is 345 g/mol. The molecule has 0 radical (unpaired) electrons. The van der Waals surface area contributed by atoms with Gasteiger partial charge in [0, 0.05) is 38.8 Å². The number of likely N-dealkylation sites (tertiary alicyclic amines) is 1. The molecule has 2 unspecified atom stereocenters. The van der Waals surface area contributed by atoms with Crippen molar-refractivity contribution >= 4 is 5.91 Å². The zero-order valence-electron chi connectivity index (χ0n) is 15.4. The summed E-state index contributed by atoms with van der Waals surface area (Å²) in [4.78, 5) is 17.7. The first kappa shape index (κ1) is 18.4.